The molecule has 1 aliphatic heterocycles. The number of likely N-dealkylation sites (tertiary alicyclic amines) is 1. The Morgan fingerprint density at radius 3 is 2.28 bits per heavy atom. The van der Waals surface area contributed by atoms with Crippen molar-refractivity contribution in [1.82, 2.24) is 9.80 Å². The number of urea groups is 1. The molecule has 0 aromatic heterocycles. The largest absolute Gasteiger partial charge is 0.326 e. The minimum atomic E-state index is -0.244. The van der Waals surface area contributed by atoms with Crippen LogP contribution in [0.15, 0.2) is 30.3 Å². The lowest BCUT2D eigenvalue weighted by Crippen LogP contribution is -2.46. The van der Waals surface area contributed by atoms with Crippen LogP contribution >= 0.6 is 0 Å². The normalized spacial score (nSPS) is 15.3. The van der Waals surface area contributed by atoms with Gasteiger partial charge in [-0.15, -0.1) is 0 Å². The zero-order valence-corrected chi connectivity index (χ0v) is 10.6. The number of nitrogens with zero attached hydrogens (tertiary/aromatic N) is 2. The first kappa shape index (κ1) is 12.6. The van der Waals surface area contributed by atoms with Gasteiger partial charge in [-0.25, -0.2) is 4.79 Å². The second-order valence-electron chi connectivity index (χ2n) is 4.56. The topological polar surface area (TPSA) is 40.6 Å². The number of carbonyl (C=O) groups is 2. The molecule has 4 nitrogen and oxygen atoms in total. The molecule has 1 heterocycles. The highest BCUT2D eigenvalue weighted by Gasteiger charge is 2.24. The lowest BCUT2D eigenvalue weighted by Gasteiger charge is -2.30. The fourth-order valence-electron chi connectivity index (χ4n) is 2.16. The van der Waals surface area contributed by atoms with Crippen molar-refractivity contribution in [3.8, 4) is 0 Å². The van der Waals surface area contributed by atoms with Gasteiger partial charge in [0.15, 0.2) is 0 Å². The van der Waals surface area contributed by atoms with E-state index in [1.54, 1.807) is 36.2 Å². The molecule has 0 unspecified atom stereocenters. The molecule has 1 aliphatic rings. The molecule has 0 saturated carbocycles. The van der Waals surface area contributed by atoms with Gasteiger partial charge >= 0.3 is 6.03 Å². The van der Waals surface area contributed by atoms with E-state index in [4.69, 9.17) is 0 Å². The molecule has 1 saturated heterocycles. The Morgan fingerprint density at radius 1 is 1.06 bits per heavy atom. The van der Waals surface area contributed by atoms with Crippen LogP contribution in [0.4, 0.5) is 4.79 Å². The maximum absolute atomic E-state index is 12.1. The third-order valence-corrected chi connectivity index (χ3v) is 3.24. The van der Waals surface area contributed by atoms with Crippen molar-refractivity contribution in [2.45, 2.75) is 19.3 Å². The van der Waals surface area contributed by atoms with E-state index in [-0.39, 0.29) is 11.9 Å². The number of hydrogen-bond acceptors (Lipinski definition) is 2. The fourth-order valence-corrected chi connectivity index (χ4v) is 2.16. The fraction of sp³-hybridized carbons (Fsp3) is 0.429. The van der Waals surface area contributed by atoms with Crippen LogP contribution < -0.4 is 0 Å². The van der Waals surface area contributed by atoms with E-state index in [1.807, 2.05) is 6.07 Å². The molecule has 1 fully saturated rings. The monoisotopic (exact) mass is 246 g/mol. The maximum atomic E-state index is 12.1. The summed E-state index contributed by atoms with van der Waals surface area (Å²) in [5.41, 5.74) is 0.547. The van der Waals surface area contributed by atoms with Gasteiger partial charge in [0.25, 0.3) is 5.91 Å². The Labute approximate surface area is 107 Å². The summed E-state index contributed by atoms with van der Waals surface area (Å²) < 4.78 is 0. The number of amides is 3. The van der Waals surface area contributed by atoms with Crippen LogP contribution in [0, 0.1) is 0 Å². The summed E-state index contributed by atoms with van der Waals surface area (Å²) in [4.78, 5) is 27.2. The van der Waals surface area contributed by atoms with Crippen LogP contribution in [-0.2, 0) is 0 Å². The molecule has 3 amide bonds. The lowest BCUT2D eigenvalue weighted by atomic mass is 10.1. The van der Waals surface area contributed by atoms with Crippen molar-refractivity contribution in [1.29, 1.82) is 0 Å². The average Bonchev–Trinajstić information content (AvgIpc) is 2.47. The van der Waals surface area contributed by atoms with Crippen molar-refractivity contribution in [2.75, 3.05) is 20.1 Å². The van der Waals surface area contributed by atoms with Gasteiger partial charge in [-0.05, 0) is 31.4 Å². The van der Waals surface area contributed by atoms with Crippen LogP contribution in [0.3, 0.4) is 0 Å². The van der Waals surface area contributed by atoms with E-state index in [0.717, 1.165) is 25.9 Å². The summed E-state index contributed by atoms with van der Waals surface area (Å²) in [5.74, 6) is -0.244. The van der Waals surface area contributed by atoms with E-state index in [9.17, 15) is 9.59 Å². The molecular weight excluding hydrogens is 228 g/mol. The van der Waals surface area contributed by atoms with Crippen LogP contribution in [-0.4, -0.2) is 41.9 Å². The van der Waals surface area contributed by atoms with Gasteiger partial charge in [-0.1, -0.05) is 18.2 Å². The highest BCUT2D eigenvalue weighted by molar-refractivity contribution is 6.03. The van der Waals surface area contributed by atoms with Crippen LogP contribution in [0.2, 0.25) is 0 Å². The Balaban J connectivity index is 2.04. The molecular formula is C14H18N2O2. The van der Waals surface area contributed by atoms with Gasteiger partial charge in [-0.2, -0.15) is 0 Å². The van der Waals surface area contributed by atoms with Crippen molar-refractivity contribution in [3.63, 3.8) is 0 Å². The summed E-state index contributed by atoms with van der Waals surface area (Å²) in [5, 5.41) is 0. The maximum Gasteiger partial charge on any atom is 0.326 e. The standard InChI is InChI=1S/C14H18N2O2/c1-15(13(17)12-8-4-2-5-9-12)14(18)16-10-6-3-7-11-16/h2,4-5,8-9H,3,6-7,10-11H2,1H3. The molecule has 96 valence electrons. The SMILES string of the molecule is CN(C(=O)c1ccccc1)C(=O)N1CCCCC1. The summed E-state index contributed by atoms with van der Waals surface area (Å²) in [6.07, 6.45) is 3.22. The molecule has 4 heteroatoms. The van der Waals surface area contributed by atoms with Gasteiger partial charge in [0.05, 0.1) is 0 Å². The number of piperidine rings is 1. The number of rotatable bonds is 1. The molecule has 0 bridgehead atoms. The third-order valence-electron chi connectivity index (χ3n) is 3.24. The van der Waals surface area contributed by atoms with E-state index in [2.05, 4.69) is 0 Å². The Hall–Kier alpha value is -1.84. The molecule has 0 radical (unpaired) electrons. The van der Waals surface area contributed by atoms with Crippen molar-refractivity contribution in [2.24, 2.45) is 0 Å². The number of hydrogen-bond donors (Lipinski definition) is 0. The van der Waals surface area contributed by atoms with Crippen LogP contribution in [0.25, 0.3) is 0 Å². The first-order chi connectivity index (χ1) is 8.70. The first-order valence-electron chi connectivity index (χ1n) is 6.32. The Morgan fingerprint density at radius 2 is 1.67 bits per heavy atom. The smallest absolute Gasteiger partial charge is 0.324 e. The third kappa shape index (κ3) is 2.70. The van der Waals surface area contributed by atoms with Crippen molar-refractivity contribution in [3.05, 3.63) is 35.9 Å². The molecule has 0 aliphatic carbocycles. The predicted octanol–water partition coefficient (Wildman–Crippen LogP) is 2.36. The van der Waals surface area contributed by atoms with Gasteiger partial charge < -0.3 is 4.90 Å². The zero-order valence-electron chi connectivity index (χ0n) is 10.6. The van der Waals surface area contributed by atoms with Gasteiger partial charge in [0.1, 0.15) is 0 Å². The second kappa shape index (κ2) is 5.67. The quantitative estimate of drug-likeness (QED) is 0.763. The van der Waals surface area contributed by atoms with Gasteiger partial charge in [0, 0.05) is 25.7 Å². The molecule has 2 rings (SSSR count). The Bertz CT molecular complexity index is 425. The first-order valence-corrected chi connectivity index (χ1v) is 6.32. The molecule has 18 heavy (non-hydrogen) atoms. The molecule has 0 spiro atoms. The predicted molar refractivity (Wildman–Crippen MR) is 69.4 cm³/mol. The summed E-state index contributed by atoms with van der Waals surface area (Å²) >= 11 is 0. The number of carbonyl (C=O) groups excluding carboxylic acids is 2. The summed E-state index contributed by atoms with van der Waals surface area (Å²) in [6, 6.07) is 8.70. The number of imide groups is 1. The number of benzene rings is 1. The summed E-state index contributed by atoms with van der Waals surface area (Å²) in [6.45, 7) is 1.51. The molecule has 0 N–H and O–H groups in total. The van der Waals surface area contributed by atoms with Gasteiger partial charge in [-0.3, -0.25) is 9.69 Å². The minimum absolute atomic E-state index is 0.191. The van der Waals surface area contributed by atoms with Crippen LogP contribution in [0.1, 0.15) is 29.6 Å². The van der Waals surface area contributed by atoms with E-state index < -0.39 is 0 Å². The highest BCUT2D eigenvalue weighted by atomic mass is 16.2. The molecule has 1 aromatic rings. The van der Waals surface area contributed by atoms with E-state index >= 15 is 0 Å². The molecule has 0 atom stereocenters. The average molecular weight is 246 g/mol. The summed E-state index contributed by atoms with van der Waals surface area (Å²) in [7, 11) is 1.55. The minimum Gasteiger partial charge on any atom is -0.324 e. The second-order valence-corrected chi connectivity index (χ2v) is 4.56. The zero-order chi connectivity index (χ0) is 13.0. The van der Waals surface area contributed by atoms with Crippen LogP contribution in [0.5, 0.6) is 0 Å². The van der Waals surface area contributed by atoms with Crippen molar-refractivity contribution < 1.29 is 9.59 Å². The van der Waals surface area contributed by atoms with E-state index in [0.29, 0.717) is 5.56 Å². The van der Waals surface area contributed by atoms with E-state index in [1.165, 1.54) is 11.3 Å². The van der Waals surface area contributed by atoms with Gasteiger partial charge in [0.2, 0.25) is 0 Å². The van der Waals surface area contributed by atoms with Crippen molar-refractivity contribution >= 4 is 11.9 Å². The lowest BCUT2D eigenvalue weighted by molar-refractivity contribution is 0.0787. The molecule has 1 aromatic carbocycles. The Kier molecular flexibility index (Phi) is 3.97. The highest BCUT2D eigenvalue weighted by Crippen LogP contribution is 2.12.